The topological polar surface area (TPSA) is 40.6 Å². The number of rotatable bonds is 6. The maximum atomic E-state index is 12.4. The van der Waals surface area contributed by atoms with E-state index in [1.54, 1.807) is 12.1 Å². The van der Waals surface area contributed by atoms with Gasteiger partial charge in [0.05, 0.1) is 11.1 Å². The smallest absolute Gasteiger partial charge is 0.261 e. The molecule has 1 atom stereocenters. The van der Waals surface area contributed by atoms with E-state index in [-0.39, 0.29) is 11.8 Å². The molecule has 0 aromatic heterocycles. The highest BCUT2D eigenvalue weighted by Gasteiger charge is 2.34. The summed E-state index contributed by atoms with van der Waals surface area (Å²) in [6, 6.07) is 16.3. The van der Waals surface area contributed by atoms with Gasteiger partial charge in [-0.25, -0.2) is 0 Å². The summed E-state index contributed by atoms with van der Waals surface area (Å²) in [7, 11) is 2.19. The molecule has 0 spiro atoms. The molecule has 2 aliphatic rings. The molecule has 1 heterocycles. The number of aryl methyl sites for hydroxylation is 1. The fraction of sp³-hybridized carbons (Fsp3) is 0.391. The van der Waals surface area contributed by atoms with Crippen LogP contribution in [0.2, 0.25) is 0 Å². The van der Waals surface area contributed by atoms with Crippen LogP contribution in [0.1, 0.15) is 63.6 Å². The Bertz CT molecular complexity index is 826. The molecule has 0 unspecified atom stereocenters. The molecule has 1 aliphatic carbocycles. The molecular formula is C23H26N2O2. The number of carbonyl (C=O) groups excluding carboxylic acids is 2. The zero-order valence-electron chi connectivity index (χ0n) is 15.9. The molecule has 0 fully saturated rings. The van der Waals surface area contributed by atoms with Crippen molar-refractivity contribution in [2.24, 2.45) is 0 Å². The molecule has 4 heteroatoms. The average Bonchev–Trinajstić information content (AvgIpc) is 2.95. The second kappa shape index (κ2) is 7.65. The van der Waals surface area contributed by atoms with Crippen molar-refractivity contribution in [3.8, 4) is 0 Å². The summed E-state index contributed by atoms with van der Waals surface area (Å²) in [4.78, 5) is 28.7. The number of imide groups is 1. The Kier molecular flexibility index (Phi) is 5.08. The van der Waals surface area contributed by atoms with Gasteiger partial charge >= 0.3 is 0 Å². The Labute approximate surface area is 160 Å². The van der Waals surface area contributed by atoms with Crippen LogP contribution in [0, 0.1) is 0 Å². The highest BCUT2D eigenvalue weighted by atomic mass is 16.2. The van der Waals surface area contributed by atoms with E-state index in [4.69, 9.17) is 0 Å². The molecule has 0 saturated carbocycles. The lowest BCUT2D eigenvalue weighted by Gasteiger charge is -2.33. The minimum absolute atomic E-state index is 0.148. The van der Waals surface area contributed by atoms with Crippen LogP contribution in [-0.2, 0) is 6.42 Å². The van der Waals surface area contributed by atoms with E-state index in [2.05, 4.69) is 36.2 Å². The average molecular weight is 362 g/mol. The van der Waals surface area contributed by atoms with Crippen LogP contribution in [0.4, 0.5) is 0 Å². The maximum Gasteiger partial charge on any atom is 0.261 e. The van der Waals surface area contributed by atoms with Crippen LogP contribution < -0.4 is 0 Å². The Morgan fingerprint density at radius 2 is 1.63 bits per heavy atom. The number of benzene rings is 2. The van der Waals surface area contributed by atoms with Gasteiger partial charge in [0, 0.05) is 12.6 Å². The van der Waals surface area contributed by atoms with Gasteiger partial charge in [0.2, 0.25) is 0 Å². The van der Waals surface area contributed by atoms with Gasteiger partial charge in [-0.3, -0.25) is 19.4 Å². The molecule has 0 bridgehead atoms. The molecule has 2 aromatic rings. The third kappa shape index (κ3) is 3.42. The zero-order valence-corrected chi connectivity index (χ0v) is 15.9. The van der Waals surface area contributed by atoms with Crippen LogP contribution in [0.3, 0.4) is 0 Å². The van der Waals surface area contributed by atoms with Gasteiger partial charge in [0.15, 0.2) is 0 Å². The lowest BCUT2D eigenvalue weighted by molar-refractivity contribution is 0.0650. The SMILES string of the molecule is CN(CCCCN1C(=O)c2ccccc2C1=O)[C@@H]1CCCc2ccccc21. The van der Waals surface area contributed by atoms with Crippen molar-refractivity contribution in [1.29, 1.82) is 0 Å². The Balaban J connectivity index is 1.30. The van der Waals surface area contributed by atoms with Gasteiger partial charge in [-0.1, -0.05) is 36.4 Å². The van der Waals surface area contributed by atoms with E-state index >= 15 is 0 Å². The molecule has 4 rings (SSSR count). The summed E-state index contributed by atoms with van der Waals surface area (Å²) < 4.78 is 0. The van der Waals surface area contributed by atoms with Crippen LogP contribution in [0.15, 0.2) is 48.5 Å². The predicted octanol–water partition coefficient (Wildman–Crippen LogP) is 4.07. The molecule has 0 radical (unpaired) electrons. The Morgan fingerprint density at radius 1 is 0.963 bits per heavy atom. The van der Waals surface area contributed by atoms with Crippen molar-refractivity contribution in [2.45, 2.75) is 38.1 Å². The summed E-state index contributed by atoms with van der Waals surface area (Å²) in [6.45, 7) is 1.48. The van der Waals surface area contributed by atoms with Crippen molar-refractivity contribution < 1.29 is 9.59 Å². The van der Waals surface area contributed by atoms with Gasteiger partial charge in [-0.15, -0.1) is 0 Å². The van der Waals surface area contributed by atoms with Crippen LogP contribution in [0.5, 0.6) is 0 Å². The zero-order chi connectivity index (χ0) is 18.8. The molecule has 0 saturated heterocycles. The number of unbranched alkanes of at least 4 members (excludes halogenated alkanes) is 1. The number of hydrogen-bond donors (Lipinski definition) is 0. The fourth-order valence-corrected chi connectivity index (χ4v) is 4.42. The normalized spacial score (nSPS) is 18.7. The minimum Gasteiger partial charge on any atom is -0.299 e. The third-order valence-electron chi connectivity index (χ3n) is 5.89. The summed E-state index contributed by atoms with van der Waals surface area (Å²) in [5.74, 6) is -0.296. The number of amides is 2. The van der Waals surface area contributed by atoms with Gasteiger partial charge < -0.3 is 0 Å². The quantitative estimate of drug-likeness (QED) is 0.574. The molecule has 1 aliphatic heterocycles. The maximum absolute atomic E-state index is 12.4. The van der Waals surface area contributed by atoms with Gasteiger partial charge in [-0.2, -0.15) is 0 Å². The van der Waals surface area contributed by atoms with Gasteiger partial charge in [0.25, 0.3) is 11.8 Å². The second-order valence-corrected chi connectivity index (χ2v) is 7.60. The number of nitrogens with zero attached hydrogens (tertiary/aromatic N) is 2. The monoisotopic (exact) mass is 362 g/mol. The second-order valence-electron chi connectivity index (χ2n) is 7.60. The van der Waals surface area contributed by atoms with Gasteiger partial charge in [0.1, 0.15) is 0 Å². The minimum atomic E-state index is -0.148. The number of fused-ring (bicyclic) bond motifs is 2. The summed E-state index contributed by atoms with van der Waals surface area (Å²) in [5, 5.41) is 0. The molecule has 27 heavy (non-hydrogen) atoms. The highest BCUT2D eigenvalue weighted by molar-refractivity contribution is 6.21. The molecule has 4 nitrogen and oxygen atoms in total. The van der Waals surface area contributed by atoms with Crippen molar-refractivity contribution in [2.75, 3.05) is 20.1 Å². The molecular weight excluding hydrogens is 336 g/mol. The first-order valence-electron chi connectivity index (χ1n) is 9.90. The summed E-state index contributed by atoms with van der Waals surface area (Å²) >= 11 is 0. The summed E-state index contributed by atoms with van der Waals surface area (Å²) in [6.07, 6.45) is 5.43. The van der Waals surface area contributed by atoms with Crippen LogP contribution >= 0.6 is 0 Å². The molecule has 140 valence electrons. The Hall–Kier alpha value is -2.46. The molecule has 2 aromatic carbocycles. The van der Waals surface area contributed by atoms with E-state index in [1.807, 2.05) is 12.1 Å². The number of carbonyl (C=O) groups is 2. The van der Waals surface area contributed by atoms with E-state index in [0.29, 0.717) is 23.7 Å². The van der Waals surface area contributed by atoms with Crippen LogP contribution in [-0.4, -0.2) is 41.8 Å². The first-order valence-corrected chi connectivity index (χ1v) is 9.90. The third-order valence-corrected chi connectivity index (χ3v) is 5.89. The fourth-order valence-electron chi connectivity index (χ4n) is 4.42. The van der Waals surface area contributed by atoms with Crippen molar-refractivity contribution >= 4 is 11.8 Å². The van der Waals surface area contributed by atoms with E-state index in [9.17, 15) is 9.59 Å². The molecule has 0 N–H and O–H groups in total. The number of hydrogen-bond acceptors (Lipinski definition) is 3. The summed E-state index contributed by atoms with van der Waals surface area (Å²) in [5.41, 5.74) is 4.02. The van der Waals surface area contributed by atoms with Crippen molar-refractivity contribution in [1.82, 2.24) is 9.80 Å². The van der Waals surface area contributed by atoms with E-state index in [1.165, 1.54) is 35.3 Å². The van der Waals surface area contributed by atoms with Crippen molar-refractivity contribution in [3.63, 3.8) is 0 Å². The lowest BCUT2D eigenvalue weighted by atomic mass is 9.87. The van der Waals surface area contributed by atoms with E-state index < -0.39 is 0 Å². The van der Waals surface area contributed by atoms with Gasteiger partial charge in [-0.05, 0) is 69.0 Å². The first kappa shape index (κ1) is 17.9. The molecule has 2 amide bonds. The van der Waals surface area contributed by atoms with E-state index in [0.717, 1.165) is 19.4 Å². The highest BCUT2D eigenvalue weighted by Crippen LogP contribution is 2.33. The largest absolute Gasteiger partial charge is 0.299 e. The lowest BCUT2D eigenvalue weighted by Crippen LogP contribution is -2.32. The predicted molar refractivity (Wildman–Crippen MR) is 106 cm³/mol. The van der Waals surface area contributed by atoms with Crippen LogP contribution in [0.25, 0.3) is 0 Å². The standard InChI is InChI=1S/C23H26N2O2/c1-24(21-14-8-10-17-9-2-3-11-18(17)21)15-6-7-16-25-22(26)19-12-4-5-13-20(19)23(25)27/h2-5,9,11-13,21H,6-8,10,14-16H2,1H3/t21-/m1/s1. The first-order chi connectivity index (χ1) is 13.2. The van der Waals surface area contributed by atoms with Crippen molar-refractivity contribution in [3.05, 3.63) is 70.8 Å². The Morgan fingerprint density at radius 3 is 2.37 bits per heavy atom.